The lowest BCUT2D eigenvalue weighted by molar-refractivity contribution is 0.114. The largest absolute Gasteiger partial charge is 0.396 e. The number of aliphatic hydroxyl groups is 2. The van der Waals surface area contributed by atoms with Crippen LogP contribution in [0, 0.1) is 5.41 Å². The highest BCUT2D eigenvalue weighted by Gasteiger charge is 2.33. The minimum Gasteiger partial charge on any atom is -0.396 e. The molecule has 0 saturated carbocycles. The summed E-state index contributed by atoms with van der Waals surface area (Å²) in [5, 5.41) is 18.2. The van der Waals surface area contributed by atoms with E-state index in [0.717, 1.165) is 26.1 Å². The smallest absolute Gasteiger partial charge is 0.0639 e. The van der Waals surface area contributed by atoms with Gasteiger partial charge < -0.3 is 15.1 Å². The topological polar surface area (TPSA) is 43.7 Å². The molecule has 3 heteroatoms. The van der Waals surface area contributed by atoms with Crippen molar-refractivity contribution in [2.45, 2.75) is 26.4 Å². The molecule has 0 aromatic rings. The first-order chi connectivity index (χ1) is 5.56. The number of hydrogen-bond donors (Lipinski definition) is 2. The van der Waals surface area contributed by atoms with Crippen molar-refractivity contribution in [1.29, 1.82) is 0 Å². The molecule has 0 bridgehead atoms. The Morgan fingerprint density at radius 2 is 2.25 bits per heavy atom. The predicted octanol–water partition coefficient (Wildman–Crippen LogP) is 0.0715. The summed E-state index contributed by atoms with van der Waals surface area (Å²) in [5.41, 5.74) is 0.0644. The number of β-amino-alcohol motifs (C(OH)–C–C–N with tert-alkyl or cyclic N) is 1. The molecule has 1 saturated heterocycles. The first kappa shape index (κ1) is 9.96. The van der Waals surface area contributed by atoms with Gasteiger partial charge in [-0.3, -0.25) is 0 Å². The summed E-state index contributed by atoms with van der Waals surface area (Å²) in [6.07, 6.45) is 0.780. The second-order valence-corrected chi connectivity index (χ2v) is 4.30. The molecule has 0 spiro atoms. The van der Waals surface area contributed by atoms with Crippen LogP contribution in [0.5, 0.6) is 0 Å². The van der Waals surface area contributed by atoms with Crippen LogP contribution >= 0.6 is 0 Å². The number of nitrogens with zero attached hydrogens (tertiary/aromatic N) is 1. The van der Waals surface area contributed by atoms with Gasteiger partial charge in [-0.05, 0) is 19.9 Å². The highest BCUT2D eigenvalue weighted by Crippen LogP contribution is 2.28. The number of aliphatic hydroxyl groups excluding tert-OH is 2. The zero-order chi connectivity index (χ0) is 9.19. The Balaban J connectivity index is 2.35. The maximum absolute atomic E-state index is 9.15. The summed E-state index contributed by atoms with van der Waals surface area (Å²) in [6.45, 7) is 6.79. The zero-order valence-corrected chi connectivity index (χ0v) is 7.95. The predicted molar refractivity (Wildman–Crippen MR) is 47.9 cm³/mol. The molecule has 1 heterocycles. The first-order valence-electron chi connectivity index (χ1n) is 4.57. The van der Waals surface area contributed by atoms with E-state index in [-0.39, 0.29) is 18.1 Å². The summed E-state index contributed by atoms with van der Waals surface area (Å²) >= 11 is 0. The first-order valence-corrected chi connectivity index (χ1v) is 4.57. The van der Waals surface area contributed by atoms with Gasteiger partial charge >= 0.3 is 0 Å². The van der Waals surface area contributed by atoms with Crippen molar-refractivity contribution < 1.29 is 10.2 Å². The van der Waals surface area contributed by atoms with Gasteiger partial charge in [-0.25, -0.2) is 0 Å². The van der Waals surface area contributed by atoms with Crippen LogP contribution < -0.4 is 0 Å². The molecule has 2 atom stereocenters. The van der Waals surface area contributed by atoms with Gasteiger partial charge in [0, 0.05) is 25.1 Å². The third-order valence-electron chi connectivity index (χ3n) is 2.54. The molecule has 0 aromatic carbocycles. The second kappa shape index (κ2) is 3.73. The van der Waals surface area contributed by atoms with Gasteiger partial charge in [0.15, 0.2) is 0 Å². The molecule has 2 N–H and O–H groups in total. The monoisotopic (exact) mass is 173 g/mol. The SMILES string of the molecule is CC(O)CN1CCC(C)(CO)C1. The highest BCUT2D eigenvalue weighted by atomic mass is 16.3. The van der Waals surface area contributed by atoms with E-state index in [1.54, 1.807) is 6.92 Å². The molecule has 1 rings (SSSR count). The van der Waals surface area contributed by atoms with Gasteiger partial charge in [0.05, 0.1) is 6.10 Å². The summed E-state index contributed by atoms with van der Waals surface area (Å²) in [4.78, 5) is 2.21. The van der Waals surface area contributed by atoms with Gasteiger partial charge in [-0.1, -0.05) is 6.92 Å². The van der Waals surface area contributed by atoms with Crippen molar-refractivity contribution in [3.8, 4) is 0 Å². The summed E-state index contributed by atoms with van der Waals surface area (Å²) in [5.74, 6) is 0. The van der Waals surface area contributed by atoms with Crippen LogP contribution in [0.15, 0.2) is 0 Å². The Morgan fingerprint density at radius 1 is 1.58 bits per heavy atom. The molecule has 3 nitrogen and oxygen atoms in total. The van der Waals surface area contributed by atoms with Crippen molar-refractivity contribution in [1.82, 2.24) is 4.90 Å². The van der Waals surface area contributed by atoms with Crippen molar-refractivity contribution in [3.63, 3.8) is 0 Å². The fourth-order valence-electron chi connectivity index (χ4n) is 1.78. The molecule has 0 amide bonds. The van der Waals surface area contributed by atoms with Crippen LogP contribution in [0.2, 0.25) is 0 Å². The van der Waals surface area contributed by atoms with Crippen LogP contribution in [-0.2, 0) is 0 Å². The van der Waals surface area contributed by atoms with Gasteiger partial charge in [0.2, 0.25) is 0 Å². The maximum Gasteiger partial charge on any atom is 0.0639 e. The third-order valence-corrected chi connectivity index (χ3v) is 2.54. The summed E-state index contributed by atoms with van der Waals surface area (Å²) < 4.78 is 0. The van der Waals surface area contributed by atoms with E-state index in [1.165, 1.54) is 0 Å². The van der Waals surface area contributed by atoms with Crippen LogP contribution in [-0.4, -0.2) is 47.5 Å². The van der Waals surface area contributed by atoms with Crippen molar-refractivity contribution >= 4 is 0 Å². The molecule has 2 unspecified atom stereocenters. The van der Waals surface area contributed by atoms with E-state index in [2.05, 4.69) is 11.8 Å². The molecular formula is C9H19NO2. The Morgan fingerprint density at radius 3 is 2.67 bits per heavy atom. The summed E-state index contributed by atoms with van der Waals surface area (Å²) in [6, 6.07) is 0. The Labute approximate surface area is 74.0 Å². The average molecular weight is 173 g/mol. The standard InChI is InChI=1S/C9H19NO2/c1-8(12)5-10-4-3-9(2,6-10)7-11/h8,11-12H,3-7H2,1-2H3. The number of rotatable bonds is 3. The van der Waals surface area contributed by atoms with E-state index in [0.29, 0.717) is 0 Å². The molecule has 0 aliphatic carbocycles. The molecule has 1 aliphatic rings. The van der Waals surface area contributed by atoms with Crippen molar-refractivity contribution in [2.24, 2.45) is 5.41 Å². The molecule has 0 radical (unpaired) electrons. The molecule has 12 heavy (non-hydrogen) atoms. The fraction of sp³-hybridized carbons (Fsp3) is 1.00. The van der Waals surface area contributed by atoms with Gasteiger partial charge in [-0.2, -0.15) is 0 Å². The number of hydrogen-bond acceptors (Lipinski definition) is 3. The molecule has 1 aliphatic heterocycles. The zero-order valence-electron chi connectivity index (χ0n) is 7.95. The van der Waals surface area contributed by atoms with Gasteiger partial charge in [0.25, 0.3) is 0 Å². The highest BCUT2D eigenvalue weighted by molar-refractivity contribution is 4.86. The van der Waals surface area contributed by atoms with E-state index < -0.39 is 0 Å². The normalized spacial score (nSPS) is 34.0. The Hall–Kier alpha value is -0.120. The fourth-order valence-corrected chi connectivity index (χ4v) is 1.78. The molecule has 72 valence electrons. The van der Waals surface area contributed by atoms with Crippen LogP contribution in [0.1, 0.15) is 20.3 Å². The van der Waals surface area contributed by atoms with Gasteiger partial charge in [0.1, 0.15) is 0 Å². The average Bonchev–Trinajstić information content (AvgIpc) is 2.32. The van der Waals surface area contributed by atoms with E-state index >= 15 is 0 Å². The van der Waals surface area contributed by atoms with Crippen molar-refractivity contribution in [2.75, 3.05) is 26.2 Å². The number of likely N-dealkylation sites (tertiary alicyclic amines) is 1. The second-order valence-electron chi connectivity index (χ2n) is 4.30. The third kappa shape index (κ3) is 2.44. The van der Waals surface area contributed by atoms with E-state index in [4.69, 9.17) is 10.2 Å². The van der Waals surface area contributed by atoms with Crippen LogP contribution in [0.25, 0.3) is 0 Å². The maximum atomic E-state index is 9.15. The molecule has 0 aromatic heterocycles. The van der Waals surface area contributed by atoms with Crippen molar-refractivity contribution in [3.05, 3.63) is 0 Å². The van der Waals surface area contributed by atoms with E-state index in [1.807, 2.05) is 0 Å². The van der Waals surface area contributed by atoms with Gasteiger partial charge in [-0.15, -0.1) is 0 Å². The minimum atomic E-state index is -0.258. The minimum absolute atomic E-state index is 0.0644. The van der Waals surface area contributed by atoms with Crippen LogP contribution in [0.4, 0.5) is 0 Å². The Bertz CT molecular complexity index is 149. The van der Waals surface area contributed by atoms with E-state index in [9.17, 15) is 0 Å². The Kier molecular flexibility index (Phi) is 3.09. The lowest BCUT2D eigenvalue weighted by atomic mass is 9.91. The molecule has 1 fully saturated rings. The lowest BCUT2D eigenvalue weighted by Gasteiger charge is -2.22. The quantitative estimate of drug-likeness (QED) is 0.635. The summed E-state index contributed by atoms with van der Waals surface area (Å²) in [7, 11) is 0. The van der Waals surface area contributed by atoms with Crippen LogP contribution in [0.3, 0.4) is 0 Å². The molecular weight excluding hydrogens is 154 g/mol. The lowest BCUT2D eigenvalue weighted by Crippen LogP contribution is -2.32.